The minimum absolute atomic E-state index is 0.494. The Morgan fingerprint density at radius 2 is 2.22 bits per heavy atom. The number of aromatic nitrogens is 3. The van der Waals surface area contributed by atoms with Crippen LogP contribution in [0.15, 0.2) is 52.5 Å². The van der Waals surface area contributed by atoms with Crippen molar-refractivity contribution in [1.82, 2.24) is 15.0 Å². The molecule has 0 aliphatic heterocycles. The van der Waals surface area contributed by atoms with Crippen molar-refractivity contribution in [3.05, 3.63) is 65.2 Å². The number of nitrogens with zero attached hydrogens (tertiary/aromatic N) is 3. The summed E-state index contributed by atoms with van der Waals surface area (Å²) < 4.78 is 5.37. The predicted octanol–water partition coefficient (Wildman–Crippen LogP) is 4.33. The van der Waals surface area contributed by atoms with E-state index in [4.69, 9.17) is 16.0 Å². The molecule has 0 aliphatic rings. The number of rotatable bonds is 6. The van der Waals surface area contributed by atoms with Crippen LogP contribution in [0.1, 0.15) is 17.0 Å². The Balaban J connectivity index is 1.68. The van der Waals surface area contributed by atoms with Gasteiger partial charge in [0, 0.05) is 11.1 Å². The molecule has 5 nitrogen and oxygen atoms in total. The van der Waals surface area contributed by atoms with Gasteiger partial charge in [0.2, 0.25) is 0 Å². The van der Waals surface area contributed by atoms with Gasteiger partial charge in [-0.15, -0.1) is 11.8 Å². The molecule has 0 aliphatic carbocycles. The molecule has 0 fully saturated rings. The number of hydrogen-bond donors (Lipinski definition) is 1. The zero-order valence-corrected chi connectivity index (χ0v) is 14.1. The molecule has 0 aromatic carbocycles. The van der Waals surface area contributed by atoms with Crippen molar-refractivity contribution in [3.63, 3.8) is 0 Å². The first-order valence-corrected chi connectivity index (χ1v) is 8.39. The van der Waals surface area contributed by atoms with Gasteiger partial charge in [-0.05, 0) is 30.7 Å². The molecule has 23 heavy (non-hydrogen) atoms. The molecular weight excluding hydrogens is 332 g/mol. The molecule has 0 atom stereocenters. The van der Waals surface area contributed by atoms with Crippen LogP contribution in [0.25, 0.3) is 0 Å². The number of anilines is 1. The van der Waals surface area contributed by atoms with Gasteiger partial charge in [-0.2, -0.15) is 0 Å². The number of furan rings is 1. The largest absolute Gasteiger partial charge is 0.468 e. The summed E-state index contributed by atoms with van der Waals surface area (Å²) in [5.41, 5.74) is 2.10. The summed E-state index contributed by atoms with van der Waals surface area (Å²) in [6.07, 6.45) is 6.53. The van der Waals surface area contributed by atoms with Gasteiger partial charge in [-0.1, -0.05) is 11.6 Å². The number of thioether (sulfide) groups is 1. The van der Waals surface area contributed by atoms with E-state index in [1.807, 2.05) is 24.4 Å². The number of hydrogen-bond acceptors (Lipinski definition) is 6. The Labute approximate surface area is 143 Å². The molecule has 7 heteroatoms. The van der Waals surface area contributed by atoms with Gasteiger partial charge < -0.3 is 9.73 Å². The van der Waals surface area contributed by atoms with Crippen LogP contribution in [-0.4, -0.2) is 15.0 Å². The lowest BCUT2D eigenvalue weighted by molar-refractivity contribution is 0.530. The van der Waals surface area contributed by atoms with Crippen molar-refractivity contribution >= 4 is 29.2 Å². The van der Waals surface area contributed by atoms with Crippen molar-refractivity contribution in [3.8, 4) is 0 Å². The van der Waals surface area contributed by atoms with E-state index in [0.29, 0.717) is 17.4 Å². The molecule has 0 spiro atoms. The Bertz CT molecular complexity index is 780. The van der Waals surface area contributed by atoms with Gasteiger partial charge in [0.1, 0.15) is 22.9 Å². The van der Waals surface area contributed by atoms with E-state index in [9.17, 15) is 0 Å². The summed E-state index contributed by atoms with van der Waals surface area (Å²) in [6, 6.07) is 5.89. The maximum atomic E-state index is 6.05. The molecule has 0 saturated carbocycles. The van der Waals surface area contributed by atoms with E-state index in [1.54, 1.807) is 24.2 Å². The molecule has 0 amide bonds. The first-order chi connectivity index (χ1) is 11.2. The maximum absolute atomic E-state index is 6.05. The quantitative estimate of drug-likeness (QED) is 0.670. The average Bonchev–Trinajstić information content (AvgIpc) is 3.07. The van der Waals surface area contributed by atoms with Crippen molar-refractivity contribution in [2.45, 2.75) is 24.1 Å². The van der Waals surface area contributed by atoms with Gasteiger partial charge >= 0.3 is 0 Å². The summed E-state index contributed by atoms with van der Waals surface area (Å²) in [4.78, 5) is 13.6. The molecule has 0 radical (unpaired) electrons. The lowest BCUT2D eigenvalue weighted by atomic mass is 10.2. The molecule has 3 aromatic rings. The smallest absolute Gasteiger partial charge is 0.148 e. The fourth-order valence-electron chi connectivity index (χ4n) is 2.05. The molecule has 0 unspecified atom stereocenters. The Morgan fingerprint density at radius 1 is 1.30 bits per heavy atom. The second-order valence-electron chi connectivity index (χ2n) is 4.82. The Morgan fingerprint density at radius 3 is 3.00 bits per heavy atom. The third-order valence-corrected chi connectivity index (χ3v) is 4.76. The minimum Gasteiger partial charge on any atom is -0.468 e. The zero-order chi connectivity index (χ0) is 16.1. The van der Waals surface area contributed by atoms with Gasteiger partial charge in [-0.3, -0.25) is 4.98 Å². The molecule has 118 valence electrons. The van der Waals surface area contributed by atoms with Crippen LogP contribution in [0.5, 0.6) is 0 Å². The fourth-order valence-corrected chi connectivity index (χ4v) is 3.17. The molecule has 3 heterocycles. The summed E-state index contributed by atoms with van der Waals surface area (Å²) in [6.45, 7) is 2.62. The molecule has 0 saturated heterocycles. The van der Waals surface area contributed by atoms with Crippen LogP contribution < -0.4 is 5.32 Å². The summed E-state index contributed by atoms with van der Waals surface area (Å²) in [7, 11) is 0. The highest BCUT2D eigenvalue weighted by Crippen LogP contribution is 2.27. The number of nitrogens with one attached hydrogen (secondary N) is 1. The lowest BCUT2D eigenvalue weighted by Gasteiger charge is -2.11. The monoisotopic (exact) mass is 346 g/mol. The topological polar surface area (TPSA) is 63.8 Å². The summed E-state index contributed by atoms with van der Waals surface area (Å²) >= 11 is 7.78. The minimum atomic E-state index is 0.494. The third kappa shape index (κ3) is 4.03. The summed E-state index contributed by atoms with van der Waals surface area (Å²) in [5, 5.41) is 3.69. The second-order valence-corrected chi connectivity index (χ2v) is 6.25. The molecular formula is C16H15ClN4OS. The SMILES string of the molecule is Cc1c(SCc2ccco2)ccnc1CNc1ncncc1Cl. The van der Waals surface area contributed by atoms with E-state index in [2.05, 4.69) is 27.2 Å². The highest BCUT2D eigenvalue weighted by atomic mass is 35.5. The van der Waals surface area contributed by atoms with Crippen LogP contribution in [0, 0.1) is 6.92 Å². The Kier molecular flexibility index (Phi) is 5.15. The van der Waals surface area contributed by atoms with Crippen LogP contribution in [0.4, 0.5) is 5.82 Å². The van der Waals surface area contributed by atoms with Crippen molar-refractivity contribution in [1.29, 1.82) is 0 Å². The van der Waals surface area contributed by atoms with E-state index in [1.165, 1.54) is 11.2 Å². The van der Waals surface area contributed by atoms with Gasteiger partial charge in [0.15, 0.2) is 0 Å². The standard InChI is InChI=1S/C16H15ClN4OS/c1-11-14(8-20-16-13(17)7-18-10-21-16)19-5-4-15(11)23-9-12-3-2-6-22-12/h2-7,10H,8-9H2,1H3,(H,18,20,21). The highest BCUT2D eigenvalue weighted by Gasteiger charge is 2.08. The predicted molar refractivity (Wildman–Crippen MR) is 91.6 cm³/mol. The van der Waals surface area contributed by atoms with Crippen LogP contribution in [0.2, 0.25) is 5.02 Å². The highest BCUT2D eigenvalue weighted by molar-refractivity contribution is 7.98. The number of pyridine rings is 1. The van der Waals surface area contributed by atoms with E-state index in [0.717, 1.165) is 22.8 Å². The van der Waals surface area contributed by atoms with Gasteiger partial charge in [0.05, 0.1) is 30.5 Å². The Hall–Kier alpha value is -2.05. The number of halogens is 1. The zero-order valence-electron chi connectivity index (χ0n) is 12.5. The fraction of sp³-hybridized carbons (Fsp3) is 0.188. The maximum Gasteiger partial charge on any atom is 0.148 e. The van der Waals surface area contributed by atoms with Crippen molar-refractivity contribution < 1.29 is 4.42 Å². The van der Waals surface area contributed by atoms with Crippen LogP contribution >= 0.6 is 23.4 Å². The normalized spacial score (nSPS) is 10.7. The molecule has 0 bridgehead atoms. The van der Waals surface area contributed by atoms with E-state index in [-0.39, 0.29) is 0 Å². The summed E-state index contributed by atoms with van der Waals surface area (Å²) in [5.74, 6) is 2.36. The van der Waals surface area contributed by atoms with Crippen LogP contribution in [0.3, 0.4) is 0 Å². The van der Waals surface area contributed by atoms with Gasteiger partial charge in [0.25, 0.3) is 0 Å². The average molecular weight is 347 g/mol. The third-order valence-electron chi connectivity index (χ3n) is 3.30. The van der Waals surface area contributed by atoms with Crippen molar-refractivity contribution in [2.75, 3.05) is 5.32 Å². The first kappa shape index (κ1) is 15.8. The first-order valence-electron chi connectivity index (χ1n) is 7.03. The van der Waals surface area contributed by atoms with E-state index < -0.39 is 0 Å². The molecule has 3 aromatic heterocycles. The lowest BCUT2D eigenvalue weighted by Crippen LogP contribution is -2.06. The van der Waals surface area contributed by atoms with Gasteiger partial charge in [-0.25, -0.2) is 9.97 Å². The van der Waals surface area contributed by atoms with Crippen LogP contribution in [-0.2, 0) is 12.3 Å². The van der Waals surface area contributed by atoms with Crippen molar-refractivity contribution in [2.24, 2.45) is 0 Å². The van der Waals surface area contributed by atoms with E-state index >= 15 is 0 Å². The second kappa shape index (κ2) is 7.48. The molecule has 3 rings (SSSR count). The molecule has 1 N–H and O–H groups in total.